The van der Waals surface area contributed by atoms with Crippen molar-refractivity contribution in [2.75, 3.05) is 30.3 Å². The second-order valence-electron chi connectivity index (χ2n) is 8.52. The van der Waals surface area contributed by atoms with E-state index in [1.807, 2.05) is 19.1 Å². The lowest BCUT2D eigenvalue weighted by Crippen LogP contribution is -2.26. The van der Waals surface area contributed by atoms with Gasteiger partial charge in [-0.3, -0.25) is 14.6 Å². The molecular weight excluding hydrogens is 436 g/mol. The normalized spacial score (nSPS) is 15.9. The smallest absolute Gasteiger partial charge is 0.320 e. The number of carbonyl (C=O) groups excluding carboxylic acids is 1. The first-order valence-corrected chi connectivity index (χ1v) is 12.3. The minimum atomic E-state index is -0.0332. The van der Waals surface area contributed by atoms with E-state index in [9.17, 15) is 4.79 Å². The molecule has 2 N–H and O–H groups in total. The molecule has 0 unspecified atom stereocenters. The highest BCUT2D eigenvalue weighted by molar-refractivity contribution is 7.13. The van der Waals surface area contributed by atoms with Crippen LogP contribution in [0.3, 0.4) is 0 Å². The number of fused-ring (bicyclic) bond motifs is 1. The minimum absolute atomic E-state index is 0.0332. The van der Waals surface area contributed by atoms with Gasteiger partial charge in [-0.15, -0.1) is 11.3 Å². The van der Waals surface area contributed by atoms with Crippen molar-refractivity contribution in [3.05, 3.63) is 46.5 Å². The van der Waals surface area contributed by atoms with Crippen molar-refractivity contribution in [1.29, 1.82) is 0 Å². The van der Waals surface area contributed by atoms with Crippen LogP contribution in [0, 0.1) is 0 Å². The van der Waals surface area contributed by atoms with Crippen LogP contribution in [0.25, 0.3) is 10.6 Å². The molecular formula is C24H28N6O2S. The third kappa shape index (κ3) is 4.69. The zero-order valence-corrected chi connectivity index (χ0v) is 19.6. The quantitative estimate of drug-likeness (QED) is 0.543. The number of hydrogen-bond acceptors (Lipinski definition) is 8. The maximum Gasteiger partial charge on any atom is 0.320 e. The van der Waals surface area contributed by atoms with Crippen molar-refractivity contribution in [3.8, 4) is 16.6 Å². The lowest BCUT2D eigenvalue weighted by molar-refractivity contribution is -0.117. The summed E-state index contributed by atoms with van der Waals surface area (Å²) in [6.07, 6.45) is 3.63. The molecule has 9 heteroatoms. The van der Waals surface area contributed by atoms with Gasteiger partial charge in [0.15, 0.2) is 0 Å². The fourth-order valence-corrected chi connectivity index (χ4v) is 5.08. The third-order valence-electron chi connectivity index (χ3n) is 5.99. The number of amides is 1. The number of nitrogen functional groups attached to an aromatic ring is 1. The molecule has 0 radical (unpaired) electrons. The van der Waals surface area contributed by atoms with Crippen molar-refractivity contribution < 1.29 is 9.53 Å². The van der Waals surface area contributed by atoms with Crippen molar-refractivity contribution in [1.82, 2.24) is 19.9 Å². The highest BCUT2D eigenvalue weighted by Crippen LogP contribution is 2.33. The molecule has 8 nitrogen and oxygen atoms in total. The number of aromatic nitrogens is 3. The zero-order valence-electron chi connectivity index (χ0n) is 18.8. The number of hydrogen-bond donors (Lipinski definition) is 1. The van der Waals surface area contributed by atoms with Crippen LogP contribution in [-0.4, -0.2) is 45.5 Å². The standard InChI is InChI=1S/C24H28N6O2S/c1-2-11-32-24-27-21(25)19-12-20(31)30(22(19)28-24)13-16-5-7-17(8-6-16)23-26-18(15-33-23)14-29-9-3-4-10-29/h5-8,15H,2-4,9-14H2,1H3,(H2,25,27,28). The Morgan fingerprint density at radius 1 is 1.09 bits per heavy atom. The van der Waals surface area contributed by atoms with Crippen molar-refractivity contribution >= 4 is 28.9 Å². The van der Waals surface area contributed by atoms with Gasteiger partial charge in [-0.1, -0.05) is 31.2 Å². The average Bonchev–Trinajstić information content (AvgIpc) is 3.56. The van der Waals surface area contributed by atoms with Crippen LogP contribution in [0.1, 0.15) is 43.0 Å². The maximum absolute atomic E-state index is 12.7. The molecule has 2 aromatic heterocycles. The fraction of sp³-hybridized carbons (Fsp3) is 0.417. The van der Waals surface area contributed by atoms with Crippen molar-refractivity contribution in [2.45, 2.75) is 45.7 Å². The number of nitrogens with two attached hydrogens (primary N) is 1. The van der Waals surface area contributed by atoms with Crippen LogP contribution in [-0.2, 0) is 24.3 Å². The summed E-state index contributed by atoms with van der Waals surface area (Å²) < 4.78 is 5.55. The van der Waals surface area contributed by atoms with E-state index in [-0.39, 0.29) is 18.3 Å². The fourth-order valence-electron chi connectivity index (χ4n) is 4.26. The predicted molar refractivity (Wildman–Crippen MR) is 129 cm³/mol. The van der Waals surface area contributed by atoms with Gasteiger partial charge >= 0.3 is 6.01 Å². The molecule has 33 heavy (non-hydrogen) atoms. The largest absolute Gasteiger partial charge is 0.463 e. The van der Waals surface area contributed by atoms with E-state index in [4.69, 9.17) is 15.5 Å². The number of benzene rings is 1. The average molecular weight is 465 g/mol. The molecule has 1 aromatic carbocycles. The number of likely N-dealkylation sites (tertiary alicyclic amines) is 1. The van der Waals surface area contributed by atoms with Gasteiger partial charge in [0.25, 0.3) is 0 Å². The number of carbonyl (C=O) groups is 1. The molecule has 3 aromatic rings. The summed E-state index contributed by atoms with van der Waals surface area (Å²) in [7, 11) is 0. The molecule has 2 aliphatic heterocycles. The number of rotatable bonds is 8. The Bertz CT molecular complexity index is 1140. The third-order valence-corrected chi connectivity index (χ3v) is 6.93. The summed E-state index contributed by atoms with van der Waals surface area (Å²) in [6.45, 7) is 6.21. The summed E-state index contributed by atoms with van der Waals surface area (Å²) in [5, 5.41) is 3.18. The summed E-state index contributed by atoms with van der Waals surface area (Å²) in [5.41, 5.74) is 10.00. The molecule has 172 valence electrons. The van der Waals surface area contributed by atoms with E-state index >= 15 is 0 Å². The number of nitrogens with zero attached hydrogens (tertiary/aromatic N) is 5. The first-order chi connectivity index (χ1) is 16.1. The van der Waals surface area contributed by atoms with Gasteiger partial charge in [0.2, 0.25) is 5.91 Å². The molecule has 5 rings (SSSR count). The second-order valence-corrected chi connectivity index (χ2v) is 9.38. The second kappa shape index (κ2) is 9.44. The lowest BCUT2D eigenvalue weighted by atomic mass is 10.1. The van der Waals surface area contributed by atoms with Crippen LogP contribution < -0.4 is 15.4 Å². The zero-order chi connectivity index (χ0) is 22.8. The Kier molecular flexibility index (Phi) is 6.24. The lowest BCUT2D eigenvalue weighted by Gasteiger charge is -2.17. The SMILES string of the molecule is CCCOc1nc(N)c2c(n1)N(Cc1ccc(-c3nc(CN4CCCC4)cs3)cc1)C(=O)C2. The van der Waals surface area contributed by atoms with Crippen LogP contribution in [0.15, 0.2) is 29.6 Å². The number of ether oxygens (including phenoxy) is 1. The number of anilines is 2. The van der Waals surface area contributed by atoms with E-state index in [0.717, 1.165) is 34.8 Å². The molecule has 2 aliphatic rings. The van der Waals surface area contributed by atoms with Gasteiger partial charge in [0.1, 0.15) is 16.6 Å². The van der Waals surface area contributed by atoms with E-state index in [1.54, 1.807) is 16.2 Å². The first kappa shape index (κ1) is 21.8. The molecule has 0 atom stereocenters. The highest BCUT2D eigenvalue weighted by Gasteiger charge is 2.32. The Hall–Kier alpha value is -3.04. The van der Waals surface area contributed by atoms with E-state index in [1.165, 1.54) is 25.9 Å². The summed E-state index contributed by atoms with van der Waals surface area (Å²) in [5.74, 6) is 0.828. The minimum Gasteiger partial charge on any atom is -0.463 e. The topological polar surface area (TPSA) is 97.5 Å². The van der Waals surface area contributed by atoms with Crippen molar-refractivity contribution in [3.63, 3.8) is 0 Å². The Labute approximate surface area is 197 Å². The van der Waals surface area contributed by atoms with Gasteiger partial charge in [0.05, 0.1) is 25.3 Å². The van der Waals surface area contributed by atoms with Gasteiger partial charge in [0, 0.05) is 23.1 Å². The van der Waals surface area contributed by atoms with Crippen LogP contribution in [0.4, 0.5) is 11.6 Å². The van der Waals surface area contributed by atoms with Crippen molar-refractivity contribution in [2.24, 2.45) is 0 Å². The summed E-state index contributed by atoms with van der Waals surface area (Å²) >= 11 is 1.68. The van der Waals surface area contributed by atoms with Crippen LogP contribution >= 0.6 is 11.3 Å². The molecule has 0 saturated carbocycles. The summed E-state index contributed by atoms with van der Waals surface area (Å²) in [6, 6.07) is 8.44. The van der Waals surface area contributed by atoms with E-state index in [2.05, 4.69) is 32.4 Å². The monoisotopic (exact) mass is 464 g/mol. The van der Waals surface area contributed by atoms with Gasteiger partial charge in [-0.25, -0.2) is 4.98 Å². The molecule has 0 aliphatic carbocycles. The van der Waals surface area contributed by atoms with Crippen LogP contribution in [0.2, 0.25) is 0 Å². The molecule has 1 fully saturated rings. The Morgan fingerprint density at radius 3 is 2.64 bits per heavy atom. The highest BCUT2D eigenvalue weighted by atomic mass is 32.1. The van der Waals surface area contributed by atoms with Gasteiger partial charge in [-0.2, -0.15) is 9.97 Å². The maximum atomic E-state index is 12.7. The molecule has 4 heterocycles. The molecule has 1 saturated heterocycles. The van der Waals surface area contributed by atoms with Gasteiger partial charge < -0.3 is 10.5 Å². The molecule has 1 amide bonds. The predicted octanol–water partition coefficient (Wildman–Crippen LogP) is 3.66. The first-order valence-electron chi connectivity index (χ1n) is 11.5. The Morgan fingerprint density at radius 2 is 1.88 bits per heavy atom. The number of thiazole rings is 1. The Balaban J connectivity index is 1.29. The van der Waals surface area contributed by atoms with E-state index in [0.29, 0.717) is 30.4 Å². The molecule has 0 bridgehead atoms. The van der Waals surface area contributed by atoms with E-state index < -0.39 is 0 Å². The van der Waals surface area contributed by atoms with Gasteiger partial charge in [-0.05, 0) is 37.9 Å². The summed E-state index contributed by atoms with van der Waals surface area (Å²) in [4.78, 5) is 30.3. The van der Waals surface area contributed by atoms with Crippen LogP contribution in [0.5, 0.6) is 6.01 Å². The molecule has 0 spiro atoms.